The van der Waals surface area contributed by atoms with Gasteiger partial charge in [-0.2, -0.15) is 0 Å². The number of amides is 4. The molecule has 4 amide bonds. The standard InChI is InChI=1S/C22H25N3O7/c1-2-7-30-8-9-31-10-11-32-14-20(27)23-16-3-4-17-15(12-16)13-25(22(17)29)18-5-6-19(26)24-21(18)28/h1,3-4,12,18H,5-11,13-14H2,(H,23,27)(H,24,26,28). The average molecular weight is 443 g/mol. The average Bonchev–Trinajstić information content (AvgIpc) is 3.08. The van der Waals surface area contributed by atoms with Crippen LogP contribution in [-0.2, 0) is 35.1 Å². The minimum absolute atomic E-state index is 0.143. The predicted molar refractivity (Wildman–Crippen MR) is 112 cm³/mol. The molecule has 0 radical (unpaired) electrons. The lowest BCUT2D eigenvalue weighted by molar-refractivity contribution is -0.137. The van der Waals surface area contributed by atoms with E-state index in [9.17, 15) is 19.2 Å². The number of nitrogens with zero attached hydrogens (tertiary/aromatic N) is 1. The van der Waals surface area contributed by atoms with Gasteiger partial charge in [0.15, 0.2) is 0 Å². The Labute approximate surface area is 185 Å². The Kier molecular flexibility index (Phi) is 8.33. The summed E-state index contributed by atoms with van der Waals surface area (Å²) in [6.07, 6.45) is 5.55. The van der Waals surface area contributed by atoms with Crippen molar-refractivity contribution in [2.24, 2.45) is 0 Å². The summed E-state index contributed by atoms with van der Waals surface area (Å²) in [6.45, 7) is 1.70. The summed E-state index contributed by atoms with van der Waals surface area (Å²) in [5, 5.41) is 4.99. The number of carbonyl (C=O) groups is 4. The van der Waals surface area contributed by atoms with Crippen molar-refractivity contribution in [3.63, 3.8) is 0 Å². The quantitative estimate of drug-likeness (QED) is 0.282. The first-order chi connectivity index (χ1) is 15.5. The molecule has 32 heavy (non-hydrogen) atoms. The van der Waals surface area contributed by atoms with E-state index in [0.29, 0.717) is 43.1 Å². The zero-order chi connectivity index (χ0) is 22.9. The molecule has 0 bridgehead atoms. The SMILES string of the molecule is C#CCOCCOCCOCC(=O)Nc1ccc2c(c1)CN(C1CCC(=O)NC1=O)C2=O. The Balaban J connectivity index is 1.42. The van der Waals surface area contributed by atoms with Crippen LogP contribution >= 0.6 is 0 Å². The molecule has 3 rings (SSSR count). The van der Waals surface area contributed by atoms with Crippen molar-refractivity contribution in [3.05, 3.63) is 29.3 Å². The van der Waals surface area contributed by atoms with Gasteiger partial charge in [0, 0.05) is 24.2 Å². The number of nitrogens with one attached hydrogen (secondary N) is 2. The van der Waals surface area contributed by atoms with Crippen molar-refractivity contribution in [2.75, 3.05) is 45.0 Å². The number of rotatable bonds is 11. The summed E-state index contributed by atoms with van der Waals surface area (Å²) in [5.74, 6) is 0.960. The summed E-state index contributed by atoms with van der Waals surface area (Å²) < 4.78 is 15.6. The maximum absolute atomic E-state index is 12.7. The largest absolute Gasteiger partial charge is 0.377 e. The summed E-state index contributed by atoms with van der Waals surface area (Å²) in [6, 6.07) is 4.28. The van der Waals surface area contributed by atoms with Crippen molar-refractivity contribution in [2.45, 2.75) is 25.4 Å². The van der Waals surface area contributed by atoms with Crippen LogP contribution in [0.4, 0.5) is 5.69 Å². The number of anilines is 1. The fourth-order valence-electron chi connectivity index (χ4n) is 3.48. The van der Waals surface area contributed by atoms with Crippen LogP contribution in [0.1, 0.15) is 28.8 Å². The molecule has 2 aliphatic heterocycles. The third kappa shape index (κ3) is 6.13. The number of piperidine rings is 1. The van der Waals surface area contributed by atoms with Gasteiger partial charge in [0.1, 0.15) is 19.3 Å². The van der Waals surface area contributed by atoms with Gasteiger partial charge in [0.2, 0.25) is 17.7 Å². The molecule has 1 aromatic carbocycles. The van der Waals surface area contributed by atoms with Gasteiger partial charge in [-0.15, -0.1) is 6.42 Å². The van der Waals surface area contributed by atoms with Gasteiger partial charge in [0.05, 0.1) is 26.4 Å². The molecule has 2 aliphatic rings. The van der Waals surface area contributed by atoms with Crippen LogP contribution in [0.3, 0.4) is 0 Å². The molecule has 0 aromatic heterocycles. The maximum Gasteiger partial charge on any atom is 0.255 e. The van der Waals surface area contributed by atoms with E-state index in [1.54, 1.807) is 18.2 Å². The van der Waals surface area contributed by atoms with E-state index in [0.717, 1.165) is 0 Å². The lowest BCUT2D eigenvalue weighted by Gasteiger charge is -2.29. The highest BCUT2D eigenvalue weighted by molar-refractivity contribution is 6.05. The van der Waals surface area contributed by atoms with Crippen molar-refractivity contribution >= 4 is 29.3 Å². The van der Waals surface area contributed by atoms with Crippen LogP contribution in [0.5, 0.6) is 0 Å². The molecule has 0 aliphatic carbocycles. The van der Waals surface area contributed by atoms with Crippen LogP contribution in [0.25, 0.3) is 0 Å². The zero-order valence-corrected chi connectivity index (χ0v) is 17.6. The Morgan fingerprint density at radius 1 is 1.16 bits per heavy atom. The number of carbonyl (C=O) groups excluding carboxylic acids is 4. The van der Waals surface area contributed by atoms with Gasteiger partial charge < -0.3 is 24.4 Å². The van der Waals surface area contributed by atoms with Crippen LogP contribution in [0.15, 0.2) is 18.2 Å². The van der Waals surface area contributed by atoms with Gasteiger partial charge in [-0.25, -0.2) is 0 Å². The highest BCUT2D eigenvalue weighted by Crippen LogP contribution is 2.29. The summed E-state index contributed by atoms with van der Waals surface area (Å²) in [4.78, 5) is 49.7. The van der Waals surface area contributed by atoms with Gasteiger partial charge in [0.25, 0.3) is 5.91 Å². The Morgan fingerprint density at radius 3 is 2.66 bits per heavy atom. The van der Waals surface area contributed by atoms with E-state index in [4.69, 9.17) is 20.6 Å². The first-order valence-corrected chi connectivity index (χ1v) is 10.2. The highest BCUT2D eigenvalue weighted by Gasteiger charge is 2.39. The topological polar surface area (TPSA) is 123 Å². The number of imide groups is 1. The molecule has 10 heteroatoms. The van der Waals surface area contributed by atoms with E-state index in [2.05, 4.69) is 16.6 Å². The minimum atomic E-state index is -0.676. The number of hydrogen-bond acceptors (Lipinski definition) is 7. The monoisotopic (exact) mass is 443 g/mol. The van der Waals surface area contributed by atoms with Crippen molar-refractivity contribution in [3.8, 4) is 12.3 Å². The molecular weight excluding hydrogens is 418 g/mol. The molecule has 0 saturated carbocycles. The normalized spacial score (nSPS) is 17.7. The molecular formula is C22H25N3O7. The van der Waals surface area contributed by atoms with Crippen molar-refractivity contribution in [1.29, 1.82) is 0 Å². The van der Waals surface area contributed by atoms with E-state index in [1.807, 2.05) is 0 Å². The van der Waals surface area contributed by atoms with Gasteiger partial charge in [-0.05, 0) is 30.2 Å². The molecule has 2 heterocycles. The minimum Gasteiger partial charge on any atom is -0.377 e. The molecule has 2 N–H and O–H groups in total. The van der Waals surface area contributed by atoms with Crippen LogP contribution in [0.2, 0.25) is 0 Å². The summed E-state index contributed by atoms with van der Waals surface area (Å²) >= 11 is 0. The lowest BCUT2D eigenvalue weighted by atomic mass is 10.0. The summed E-state index contributed by atoms with van der Waals surface area (Å²) in [7, 11) is 0. The Morgan fingerprint density at radius 2 is 1.91 bits per heavy atom. The number of benzene rings is 1. The van der Waals surface area contributed by atoms with E-state index >= 15 is 0 Å². The smallest absolute Gasteiger partial charge is 0.255 e. The molecule has 1 unspecified atom stereocenters. The second-order valence-electron chi connectivity index (χ2n) is 7.24. The molecule has 1 saturated heterocycles. The number of terminal acetylenes is 1. The Hall–Kier alpha value is -3.26. The number of hydrogen-bond donors (Lipinski definition) is 2. The molecule has 1 fully saturated rings. The van der Waals surface area contributed by atoms with Crippen molar-refractivity contribution in [1.82, 2.24) is 10.2 Å². The van der Waals surface area contributed by atoms with E-state index in [1.165, 1.54) is 4.90 Å². The second kappa shape index (κ2) is 11.4. The molecule has 170 valence electrons. The first-order valence-electron chi connectivity index (χ1n) is 10.2. The zero-order valence-electron chi connectivity index (χ0n) is 17.6. The van der Waals surface area contributed by atoms with Gasteiger partial charge in [-0.1, -0.05) is 5.92 Å². The molecule has 1 atom stereocenters. The fourth-order valence-corrected chi connectivity index (χ4v) is 3.48. The summed E-state index contributed by atoms with van der Waals surface area (Å²) in [5.41, 5.74) is 1.71. The highest BCUT2D eigenvalue weighted by atomic mass is 16.5. The fraction of sp³-hybridized carbons (Fsp3) is 0.455. The van der Waals surface area contributed by atoms with Crippen molar-refractivity contribution < 1.29 is 33.4 Å². The molecule has 10 nitrogen and oxygen atoms in total. The lowest BCUT2D eigenvalue weighted by Crippen LogP contribution is -2.52. The molecule has 0 spiro atoms. The van der Waals surface area contributed by atoms with Crippen LogP contribution in [0, 0.1) is 12.3 Å². The second-order valence-corrected chi connectivity index (χ2v) is 7.24. The first kappa shape index (κ1) is 23.4. The third-order valence-corrected chi connectivity index (χ3v) is 4.97. The van der Waals surface area contributed by atoms with E-state index < -0.39 is 11.9 Å². The van der Waals surface area contributed by atoms with Gasteiger partial charge >= 0.3 is 0 Å². The van der Waals surface area contributed by atoms with Gasteiger partial charge in [-0.3, -0.25) is 24.5 Å². The number of ether oxygens (including phenoxy) is 3. The molecule has 1 aromatic rings. The van der Waals surface area contributed by atoms with Crippen LogP contribution < -0.4 is 10.6 Å². The predicted octanol–water partition coefficient (Wildman–Crippen LogP) is 0.0691. The maximum atomic E-state index is 12.7. The van der Waals surface area contributed by atoms with E-state index in [-0.39, 0.29) is 50.5 Å². The third-order valence-electron chi connectivity index (χ3n) is 4.97. The van der Waals surface area contributed by atoms with Crippen LogP contribution in [-0.4, -0.2) is 74.2 Å². The Bertz CT molecular complexity index is 925. The number of fused-ring (bicyclic) bond motifs is 1.